The molecule has 0 radical (unpaired) electrons. The maximum absolute atomic E-state index is 12.6. The van der Waals surface area contributed by atoms with Crippen LogP contribution in [0.15, 0.2) is 0 Å². The van der Waals surface area contributed by atoms with Gasteiger partial charge in [-0.25, -0.2) is 8.78 Å². The maximum Gasteiger partial charge on any atom is 0.252 e. The van der Waals surface area contributed by atoms with Crippen LogP contribution in [0.25, 0.3) is 0 Å². The highest BCUT2D eigenvalue weighted by Crippen LogP contribution is 2.50. The molecule has 2 rings (SSSR count). The molecule has 3 nitrogen and oxygen atoms in total. The van der Waals surface area contributed by atoms with Crippen molar-refractivity contribution in [2.75, 3.05) is 13.2 Å². The number of amides is 1. The van der Waals surface area contributed by atoms with Crippen molar-refractivity contribution in [3.05, 3.63) is 0 Å². The van der Waals surface area contributed by atoms with Gasteiger partial charge in [0.1, 0.15) is 0 Å². The monoisotopic (exact) mass is 261 g/mol. The molecule has 0 heterocycles. The average molecular weight is 261 g/mol. The molecule has 1 atom stereocenters. The summed E-state index contributed by atoms with van der Waals surface area (Å²) in [6.45, 7) is 1.16. The third kappa shape index (κ3) is 4.19. The number of halogens is 2. The molecule has 1 amide bonds. The molecule has 5 heteroatoms. The van der Waals surface area contributed by atoms with Crippen LogP contribution in [0.3, 0.4) is 0 Å². The summed E-state index contributed by atoms with van der Waals surface area (Å²) in [4.78, 5) is 11.3. The highest BCUT2D eigenvalue weighted by Gasteiger charge is 2.57. The Morgan fingerprint density at radius 1 is 1.33 bits per heavy atom. The van der Waals surface area contributed by atoms with E-state index < -0.39 is 11.8 Å². The summed E-state index contributed by atoms with van der Waals surface area (Å²) < 4.78 is 30.8. The number of nitrogens with one attached hydrogen (secondary N) is 1. The highest BCUT2D eigenvalue weighted by molar-refractivity contribution is 5.76. The van der Waals surface area contributed by atoms with Gasteiger partial charge in [0, 0.05) is 31.9 Å². The molecular formula is C13H21F2NO2. The first-order valence-electron chi connectivity index (χ1n) is 6.84. The number of hydrogen-bond donors (Lipinski definition) is 1. The molecule has 0 aromatic rings. The van der Waals surface area contributed by atoms with Gasteiger partial charge < -0.3 is 10.1 Å². The van der Waals surface area contributed by atoms with Gasteiger partial charge in [0.15, 0.2) is 0 Å². The lowest BCUT2D eigenvalue weighted by Crippen LogP contribution is -2.26. The van der Waals surface area contributed by atoms with Crippen LogP contribution in [-0.4, -0.2) is 31.1 Å². The van der Waals surface area contributed by atoms with Crippen LogP contribution < -0.4 is 5.32 Å². The molecule has 0 bridgehead atoms. The number of carbonyl (C=O) groups excluding carboxylic acids is 1. The molecule has 2 fully saturated rings. The molecule has 0 aliphatic heterocycles. The third-order valence-electron chi connectivity index (χ3n) is 3.69. The fourth-order valence-electron chi connectivity index (χ4n) is 2.39. The van der Waals surface area contributed by atoms with Crippen molar-refractivity contribution in [1.29, 1.82) is 0 Å². The minimum Gasteiger partial charge on any atom is -0.378 e. The Morgan fingerprint density at radius 2 is 2.00 bits per heavy atom. The van der Waals surface area contributed by atoms with E-state index in [1.807, 2.05) is 0 Å². The Morgan fingerprint density at radius 3 is 2.61 bits per heavy atom. The topological polar surface area (TPSA) is 38.3 Å². The molecule has 2 aliphatic carbocycles. The Hall–Kier alpha value is -0.710. The first-order valence-corrected chi connectivity index (χ1v) is 6.84. The van der Waals surface area contributed by atoms with Crippen molar-refractivity contribution < 1.29 is 18.3 Å². The van der Waals surface area contributed by atoms with Crippen LogP contribution >= 0.6 is 0 Å². The van der Waals surface area contributed by atoms with Gasteiger partial charge in [-0.3, -0.25) is 4.79 Å². The summed E-state index contributed by atoms with van der Waals surface area (Å²) in [5.74, 6) is -3.59. The van der Waals surface area contributed by atoms with Gasteiger partial charge in [-0.1, -0.05) is 12.8 Å². The molecule has 104 valence electrons. The lowest BCUT2D eigenvalue weighted by molar-refractivity contribution is -0.122. The van der Waals surface area contributed by atoms with Gasteiger partial charge in [-0.2, -0.15) is 0 Å². The number of alkyl halides is 2. The van der Waals surface area contributed by atoms with Crippen molar-refractivity contribution in [2.24, 2.45) is 5.92 Å². The van der Waals surface area contributed by atoms with E-state index in [4.69, 9.17) is 4.74 Å². The lowest BCUT2D eigenvalue weighted by Gasteiger charge is -2.11. The molecule has 0 spiro atoms. The van der Waals surface area contributed by atoms with Gasteiger partial charge in [-0.05, 0) is 19.3 Å². The Bertz CT molecular complexity index is 291. The quantitative estimate of drug-likeness (QED) is 0.715. The predicted molar refractivity (Wildman–Crippen MR) is 63.5 cm³/mol. The molecule has 0 aromatic carbocycles. The summed E-state index contributed by atoms with van der Waals surface area (Å²) in [5.41, 5.74) is 0. The largest absolute Gasteiger partial charge is 0.378 e. The van der Waals surface area contributed by atoms with Crippen molar-refractivity contribution in [3.63, 3.8) is 0 Å². The number of carbonyl (C=O) groups is 1. The fourth-order valence-corrected chi connectivity index (χ4v) is 2.39. The normalized spacial score (nSPS) is 26.2. The SMILES string of the molecule is O=C(C[C@@H]1CC1(F)F)NCCCOC1CCCC1. The maximum atomic E-state index is 12.6. The standard InChI is InChI=1S/C13H21F2NO2/c14-13(15)9-10(13)8-12(17)16-6-3-7-18-11-4-1-2-5-11/h10-11H,1-9H2,(H,16,17)/t10-/m1/s1. The van der Waals surface area contributed by atoms with E-state index in [0.717, 1.165) is 19.3 Å². The van der Waals surface area contributed by atoms with Crippen LogP contribution in [-0.2, 0) is 9.53 Å². The summed E-state index contributed by atoms with van der Waals surface area (Å²) in [6, 6.07) is 0. The Labute approximate surface area is 106 Å². The lowest BCUT2D eigenvalue weighted by atomic mass is 10.2. The Balaban J connectivity index is 1.44. The summed E-state index contributed by atoms with van der Waals surface area (Å²) in [7, 11) is 0. The van der Waals surface area contributed by atoms with E-state index in [-0.39, 0.29) is 18.7 Å². The molecule has 2 saturated carbocycles. The molecule has 2 aliphatic rings. The van der Waals surface area contributed by atoms with Gasteiger partial charge in [0.2, 0.25) is 5.91 Å². The second-order valence-corrected chi connectivity index (χ2v) is 5.35. The van der Waals surface area contributed by atoms with Crippen molar-refractivity contribution in [3.8, 4) is 0 Å². The second-order valence-electron chi connectivity index (χ2n) is 5.35. The van der Waals surface area contributed by atoms with Gasteiger partial charge >= 0.3 is 0 Å². The van der Waals surface area contributed by atoms with E-state index in [2.05, 4.69) is 5.32 Å². The third-order valence-corrected chi connectivity index (χ3v) is 3.69. The fraction of sp³-hybridized carbons (Fsp3) is 0.923. The van der Waals surface area contributed by atoms with Gasteiger partial charge in [0.05, 0.1) is 6.10 Å². The highest BCUT2D eigenvalue weighted by atomic mass is 19.3. The predicted octanol–water partition coefficient (Wildman–Crippen LogP) is 2.50. The molecule has 18 heavy (non-hydrogen) atoms. The first kappa shape index (κ1) is 13.7. The van der Waals surface area contributed by atoms with Crippen LogP contribution in [0.2, 0.25) is 0 Å². The van der Waals surface area contributed by atoms with Gasteiger partial charge in [-0.15, -0.1) is 0 Å². The number of hydrogen-bond acceptors (Lipinski definition) is 2. The Kier molecular flexibility index (Phi) is 4.54. The molecule has 1 N–H and O–H groups in total. The van der Waals surface area contributed by atoms with Crippen LogP contribution in [0.5, 0.6) is 0 Å². The first-order chi connectivity index (χ1) is 8.58. The zero-order valence-corrected chi connectivity index (χ0v) is 10.6. The van der Waals surface area contributed by atoms with Crippen molar-refractivity contribution >= 4 is 5.91 Å². The summed E-state index contributed by atoms with van der Waals surface area (Å²) >= 11 is 0. The molecule has 0 aromatic heterocycles. The average Bonchev–Trinajstić information content (AvgIpc) is 2.75. The van der Waals surface area contributed by atoms with E-state index in [0.29, 0.717) is 19.3 Å². The number of ether oxygens (including phenoxy) is 1. The van der Waals surface area contributed by atoms with Crippen LogP contribution in [0, 0.1) is 5.92 Å². The van der Waals surface area contributed by atoms with Gasteiger partial charge in [0.25, 0.3) is 5.92 Å². The minimum absolute atomic E-state index is 0.0452. The number of rotatable bonds is 7. The second kappa shape index (κ2) is 5.95. The van der Waals surface area contributed by atoms with Crippen LogP contribution in [0.4, 0.5) is 8.78 Å². The molecule has 0 unspecified atom stereocenters. The zero-order chi connectivity index (χ0) is 13.0. The van der Waals surface area contributed by atoms with Crippen molar-refractivity contribution in [1.82, 2.24) is 5.32 Å². The van der Waals surface area contributed by atoms with Crippen LogP contribution in [0.1, 0.15) is 44.9 Å². The molecule has 0 saturated heterocycles. The zero-order valence-electron chi connectivity index (χ0n) is 10.6. The molecular weight excluding hydrogens is 240 g/mol. The van der Waals surface area contributed by atoms with E-state index in [9.17, 15) is 13.6 Å². The summed E-state index contributed by atoms with van der Waals surface area (Å²) in [6.07, 6.45) is 5.75. The van der Waals surface area contributed by atoms with Crippen molar-refractivity contribution in [2.45, 2.75) is 57.0 Å². The van der Waals surface area contributed by atoms with E-state index in [1.54, 1.807) is 0 Å². The smallest absolute Gasteiger partial charge is 0.252 e. The summed E-state index contributed by atoms with van der Waals surface area (Å²) in [5, 5.41) is 2.66. The van der Waals surface area contributed by atoms with E-state index >= 15 is 0 Å². The minimum atomic E-state index is -2.59. The van der Waals surface area contributed by atoms with E-state index in [1.165, 1.54) is 12.8 Å².